The van der Waals surface area contributed by atoms with E-state index in [0.717, 1.165) is 6.42 Å². The van der Waals surface area contributed by atoms with Crippen LogP contribution < -0.4 is 11.1 Å². The monoisotopic (exact) mass is 176 g/mol. The topological polar surface area (TPSA) is 38.0 Å². The fraction of sp³-hybridized carbons (Fsp3) is 0.455. The molecule has 2 unspecified atom stereocenters. The van der Waals surface area contributed by atoms with Gasteiger partial charge in [0.25, 0.3) is 0 Å². The number of nitrogens with two attached hydrogens (primary N) is 1. The number of anilines is 1. The van der Waals surface area contributed by atoms with E-state index in [9.17, 15) is 0 Å². The maximum absolute atomic E-state index is 5.90. The molecule has 0 aliphatic carbocycles. The van der Waals surface area contributed by atoms with Crippen LogP contribution in [0.1, 0.15) is 31.0 Å². The third-order valence-electron chi connectivity index (χ3n) is 2.62. The van der Waals surface area contributed by atoms with E-state index in [-0.39, 0.29) is 6.04 Å². The van der Waals surface area contributed by atoms with Crippen molar-refractivity contribution < 1.29 is 0 Å². The molecule has 2 nitrogen and oxygen atoms in total. The summed E-state index contributed by atoms with van der Waals surface area (Å²) >= 11 is 0. The Labute approximate surface area is 79.1 Å². The van der Waals surface area contributed by atoms with Crippen molar-refractivity contribution in [3.8, 4) is 0 Å². The molecule has 1 aliphatic rings. The molecule has 2 atom stereocenters. The summed E-state index contributed by atoms with van der Waals surface area (Å²) in [6.45, 7) is 4.24. The summed E-state index contributed by atoms with van der Waals surface area (Å²) in [7, 11) is 0. The van der Waals surface area contributed by atoms with E-state index in [1.807, 2.05) is 6.92 Å². The van der Waals surface area contributed by atoms with Gasteiger partial charge in [-0.1, -0.05) is 12.1 Å². The lowest BCUT2D eigenvalue weighted by molar-refractivity contribution is 0.782. The largest absolute Gasteiger partial charge is 0.382 e. The highest BCUT2D eigenvalue weighted by Gasteiger charge is 2.20. The van der Waals surface area contributed by atoms with Crippen molar-refractivity contribution in [2.75, 3.05) is 5.32 Å². The van der Waals surface area contributed by atoms with E-state index in [1.54, 1.807) is 0 Å². The van der Waals surface area contributed by atoms with Crippen molar-refractivity contribution in [3.05, 3.63) is 29.3 Å². The Hall–Kier alpha value is -1.02. The number of rotatable bonds is 1. The first kappa shape index (κ1) is 8.57. The van der Waals surface area contributed by atoms with Crippen molar-refractivity contribution >= 4 is 5.69 Å². The van der Waals surface area contributed by atoms with Gasteiger partial charge in [-0.15, -0.1) is 0 Å². The fourth-order valence-corrected chi connectivity index (χ4v) is 2.02. The molecule has 70 valence electrons. The maximum atomic E-state index is 5.90. The highest BCUT2D eigenvalue weighted by atomic mass is 14.9. The Kier molecular flexibility index (Phi) is 2.00. The van der Waals surface area contributed by atoms with E-state index >= 15 is 0 Å². The highest BCUT2D eigenvalue weighted by Crippen LogP contribution is 2.30. The van der Waals surface area contributed by atoms with Gasteiger partial charge in [-0.25, -0.2) is 0 Å². The number of benzene rings is 1. The molecule has 1 heterocycles. The Balaban J connectivity index is 2.45. The summed E-state index contributed by atoms with van der Waals surface area (Å²) in [4.78, 5) is 0. The molecular formula is C11H16N2. The van der Waals surface area contributed by atoms with Gasteiger partial charge in [-0.2, -0.15) is 0 Å². The molecule has 2 heteroatoms. The van der Waals surface area contributed by atoms with Gasteiger partial charge >= 0.3 is 0 Å². The normalized spacial score (nSPS) is 22.2. The molecule has 0 aromatic heterocycles. The lowest BCUT2D eigenvalue weighted by Crippen LogP contribution is -2.09. The summed E-state index contributed by atoms with van der Waals surface area (Å²) < 4.78 is 0. The quantitative estimate of drug-likeness (QED) is 0.687. The molecule has 0 spiro atoms. The van der Waals surface area contributed by atoms with Crippen LogP contribution in [0.15, 0.2) is 18.2 Å². The first-order chi connectivity index (χ1) is 6.18. The molecule has 0 amide bonds. The predicted molar refractivity (Wildman–Crippen MR) is 55.8 cm³/mol. The SMILES string of the molecule is CC1Cc2c(cccc2C(C)N)N1. The maximum Gasteiger partial charge on any atom is 0.0379 e. The van der Waals surface area contributed by atoms with Crippen LogP contribution in [0.2, 0.25) is 0 Å². The third-order valence-corrected chi connectivity index (χ3v) is 2.62. The molecule has 13 heavy (non-hydrogen) atoms. The average Bonchev–Trinajstić information content (AvgIpc) is 2.43. The van der Waals surface area contributed by atoms with Gasteiger partial charge in [-0.05, 0) is 37.5 Å². The Morgan fingerprint density at radius 2 is 2.31 bits per heavy atom. The Morgan fingerprint density at radius 3 is 3.00 bits per heavy atom. The Bertz CT molecular complexity index is 318. The van der Waals surface area contributed by atoms with Gasteiger partial charge in [0, 0.05) is 17.8 Å². The zero-order chi connectivity index (χ0) is 9.42. The second kappa shape index (κ2) is 3.04. The minimum absolute atomic E-state index is 0.141. The summed E-state index contributed by atoms with van der Waals surface area (Å²) in [5.41, 5.74) is 9.86. The minimum atomic E-state index is 0.141. The molecular weight excluding hydrogens is 160 g/mol. The van der Waals surface area contributed by atoms with Crippen LogP contribution in [0, 0.1) is 0 Å². The molecule has 0 bridgehead atoms. The zero-order valence-electron chi connectivity index (χ0n) is 8.17. The van der Waals surface area contributed by atoms with E-state index in [4.69, 9.17) is 5.73 Å². The van der Waals surface area contributed by atoms with Crippen LogP contribution in [0.5, 0.6) is 0 Å². The number of hydrogen-bond acceptors (Lipinski definition) is 2. The van der Waals surface area contributed by atoms with Crippen LogP contribution in [0.3, 0.4) is 0 Å². The van der Waals surface area contributed by atoms with Gasteiger partial charge in [0.1, 0.15) is 0 Å². The van der Waals surface area contributed by atoms with Crippen molar-refractivity contribution in [2.24, 2.45) is 5.73 Å². The first-order valence-corrected chi connectivity index (χ1v) is 4.82. The van der Waals surface area contributed by atoms with E-state index in [2.05, 4.69) is 30.4 Å². The number of nitrogens with one attached hydrogen (secondary N) is 1. The molecule has 2 rings (SSSR count). The van der Waals surface area contributed by atoms with Crippen LogP contribution in [0.4, 0.5) is 5.69 Å². The highest BCUT2D eigenvalue weighted by molar-refractivity contribution is 5.60. The summed E-state index contributed by atoms with van der Waals surface area (Å²) in [6, 6.07) is 7.02. The van der Waals surface area contributed by atoms with Gasteiger partial charge in [-0.3, -0.25) is 0 Å². The lowest BCUT2D eigenvalue weighted by Gasteiger charge is -2.10. The smallest absolute Gasteiger partial charge is 0.0379 e. The molecule has 1 aromatic rings. The molecule has 0 fully saturated rings. The second-order valence-corrected chi connectivity index (χ2v) is 3.91. The van der Waals surface area contributed by atoms with E-state index in [1.165, 1.54) is 16.8 Å². The molecule has 0 saturated carbocycles. The lowest BCUT2D eigenvalue weighted by atomic mass is 9.99. The fourth-order valence-electron chi connectivity index (χ4n) is 2.02. The molecule has 0 saturated heterocycles. The zero-order valence-corrected chi connectivity index (χ0v) is 8.17. The van der Waals surface area contributed by atoms with Crippen LogP contribution in [-0.2, 0) is 6.42 Å². The van der Waals surface area contributed by atoms with Gasteiger partial charge in [0.2, 0.25) is 0 Å². The van der Waals surface area contributed by atoms with Crippen molar-refractivity contribution in [2.45, 2.75) is 32.4 Å². The van der Waals surface area contributed by atoms with Gasteiger partial charge in [0.15, 0.2) is 0 Å². The molecule has 0 radical (unpaired) electrons. The summed E-state index contributed by atoms with van der Waals surface area (Å²) in [5.74, 6) is 0. The Morgan fingerprint density at radius 1 is 1.54 bits per heavy atom. The van der Waals surface area contributed by atoms with Gasteiger partial charge in [0.05, 0.1) is 0 Å². The van der Waals surface area contributed by atoms with Crippen LogP contribution in [0.25, 0.3) is 0 Å². The predicted octanol–water partition coefficient (Wildman–Crippen LogP) is 2.06. The van der Waals surface area contributed by atoms with Gasteiger partial charge < -0.3 is 11.1 Å². The summed E-state index contributed by atoms with van der Waals surface area (Å²) in [6.07, 6.45) is 1.10. The van der Waals surface area contributed by atoms with E-state index < -0.39 is 0 Å². The third kappa shape index (κ3) is 1.42. The number of fused-ring (bicyclic) bond motifs is 1. The summed E-state index contributed by atoms with van der Waals surface area (Å²) in [5, 5.41) is 3.44. The van der Waals surface area contributed by atoms with E-state index in [0.29, 0.717) is 6.04 Å². The average molecular weight is 176 g/mol. The van der Waals surface area contributed by atoms with Crippen molar-refractivity contribution in [1.29, 1.82) is 0 Å². The number of hydrogen-bond donors (Lipinski definition) is 2. The molecule has 1 aliphatic heterocycles. The molecule has 3 N–H and O–H groups in total. The first-order valence-electron chi connectivity index (χ1n) is 4.82. The standard InChI is InChI=1S/C11H16N2/c1-7-6-10-9(8(2)12)4-3-5-11(10)13-7/h3-5,7-8,13H,6,12H2,1-2H3. The second-order valence-electron chi connectivity index (χ2n) is 3.91. The van der Waals surface area contributed by atoms with Crippen molar-refractivity contribution in [1.82, 2.24) is 0 Å². The molecule has 1 aromatic carbocycles. The van der Waals surface area contributed by atoms with Crippen molar-refractivity contribution in [3.63, 3.8) is 0 Å². The van der Waals surface area contributed by atoms with Crippen LogP contribution in [-0.4, -0.2) is 6.04 Å². The van der Waals surface area contributed by atoms with Crippen LogP contribution >= 0.6 is 0 Å². The minimum Gasteiger partial charge on any atom is -0.382 e.